The number of nitrogen functional groups attached to an aromatic ring is 1. The van der Waals surface area contributed by atoms with Crippen LogP contribution in [0.15, 0.2) is 21.4 Å². The van der Waals surface area contributed by atoms with Gasteiger partial charge in [-0.1, -0.05) is 11.8 Å². The molecule has 4 N–H and O–H groups in total. The average Bonchev–Trinajstić information content (AvgIpc) is 3.10. The highest BCUT2D eigenvalue weighted by atomic mass is 32.2. The third-order valence-electron chi connectivity index (χ3n) is 2.88. The van der Waals surface area contributed by atoms with E-state index in [1.165, 1.54) is 23.1 Å². The summed E-state index contributed by atoms with van der Waals surface area (Å²) in [6, 6.07) is 1.93. The van der Waals surface area contributed by atoms with E-state index in [0.29, 0.717) is 29.1 Å². The van der Waals surface area contributed by atoms with Crippen molar-refractivity contribution >= 4 is 39.1 Å². The predicted molar refractivity (Wildman–Crippen MR) is 83.3 cm³/mol. The molecule has 3 heterocycles. The molecule has 0 aliphatic rings. The van der Waals surface area contributed by atoms with Crippen molar-refractivity contribution in [2.45, 2.75) is 24.4 Å². The summed E-state index contributed by atoms with van der Waals surface area (Å²) in [6.07, 6.45) is 0. The maximum atomic E-state index is 11.5. The molecule has 0 aliphatic heterocycles. The second-order valence-electron chi connectivity index (χ2n) is 4.12. The predicted octanol–water partition coefficient (Wildman–Crippen LogP) is 1.17. The Bertz CT molecular complexity index is 821. The van der Waals surface area contributed by atoms with E-state index in [9.17, 15) is 4.79 Å². The maximum absolute atomic E-state index is 11.5. The van der Waals surface area contributed by atoms with E-state index < -0.39 is 0 Å². The summed E-state index contributed by atoms with van der Waals surface area (Å²) in [5.74, 6) is 7.25. The van der Waals surface area contributed by atoms with E-state index in [2.05, 4.69) is 25.6 Å². The van der Waals surface area contributed by atoms with Gasteiger partial charge in [-0.25, -0.2) is 25.7 Å². The molecule has 0 spiro atoms. The van der Waals surface area contributed by atoms with Crippen LogP contribution in [0.25, 0.3) is 10.2 Å². The molecular weight excluding hydrogens is 310 g/mol. The van der Waals surface area contributed by atoms with Crippen molar-refractivity contribution in [2.24, 2.45) is 5.84 Å². The number of hydrogen-bond donors (Lipinski definition) is 3. The molecule has 3 aromatic heterocycles. The zero-order chi connectivity index (χ0) is 14.8. The molecule has 0 aromatic carbocycles. The molecule has 0 radical (unpaired) electrons. The fourth-order valence-corrected chi connectivity index (χ4v) is 3.54. The number of aromatic nitrogens is 5. The lowest BCUT2D eigenvalue weighted by atomic mass is 10.4. The summed E-state index contributed by atoms with van der Waals surface area (Å²) in [7, 11) is 0. The Hall–Kier alpha value is -1.91. The number of nitrogens with two attached hydrogens (primary N) is 1. The second-order valence-corrected chi connectivity index (χ2v) is 5.95. The summed E-state index contributed by atoms with van der Waals surface area (Å²) >= 11 is 2.94. The Balaban J connectivity index is 1.86. The number of fused-ring (bicyclic) bond motifs is 1. The zero-order valence-corrected chi connectivity index (χ0v) is 12.8. The maximum Gasteiger partial charge on any atom is 0.343 e. The molecule has 21 heavy (non-hydrogen) atoms. The van der Waals surface area contributed by atoms with Crippen LogP contribution in [-0.4, -0.2) is 24.7 Å². The first-order valence-corrected chi connectivity index (χ1v) is 8.08. The van der Waals surface area contributed by atoms with Gasteiger partial charge < -0.3 is 5.43 Å². The van der Waals surface area contributed by atoms with Gasteiger partial charge in [-0.3, -0.25) is 4.57 Å². The van der Waals surface area contributed by atoms with Crippen molar-refractivity contribution < 1.29 is 0 Å². The zero-order valence-electron chi connectivity index (χ0n) is 11.2. The molecule has 0 atom stereocenters. The molecule has 110 valence electrons. The molecule has 10 heteroatoms. The van der Waals surface area contributed by atoms with Crippen molar-refractivity contribution in [1.29, 1.82) is 0 Å². The highest BCUT2D eigenvalue weighted by Crippen LogP contribution is 2.26. The van der Waals surface area contributed by atoms with Gasteiger partial charge in [-0.2, -0.15) is 0 Å². The quantitative estimate of drug-likeness (QED) is 0.367. The second kappa shape index (κ2) is 5.84. The Labute approximate surface area is 127 Å². The summed E-state index contributed by atoms with van der Waals surface area (Å²) in [5, 5.41) is 9.90. The highest BCUT2D eigenvalue weighted by molar-refractivity contribution is 7.98. The summed E-state index contributed by atoms with van der Waals surface area (Å²) in [6.45, 7) is 2.46. The van der Waals surface area contributed by atoms with Gasteiger partial charge in [0.15, 0.2) is 11.0 Å². The first-order chi connectivity index (χ1) is 10.2. The molecule has 0 unspecified atom stereocenters. The van der Waals surface area contributed by atoms with Gasteiger partial charge in [0.25, 0.3) is 0 Å². The lowest BCUT2D eigenvalue weighted by molar-refractivity contribution is 0.660. The molecule has 0 aliphatic carbocycles. The van der Waals surface area contributed by atoms with Crippen molar-refractivity contribution in [3.8, 4) is 0 Å². The van der Waals surface area contributed by atoms with Crippen LogP contribution in [0.5, 0.6) is 0 Å². The third kappa shape index (κ3) is 2.64. The monoisotopic (exact) mass is 323 g/mol. The van der Waals surface area contributed by atoms with Crippen LogP contribution < -0.4 is 17.0 Å². The number of aromatic amines is 1. The summed E-state index contributed by atoms with van der Waals surface area (Å²) < 4.78 is 1.57. The average molecular weight is 323 g/mol. The molecule has 0 saturated heterocycles. The van der Waals surface area contributed by atoms with Gasteiger partial charge in [0.2, 0.25) is 0 Å². The number of nitrogens with zero attached hydrogens (tertiary/aromatic N) is 4. The fraction of sp³-hybridized carbons (Fsp3) is 0.273. The van der Waals surface area contributed by atoms with Crippen LogP contribution in [0.3, 0.4) is 0 Å². The summed E-state index contributed by atoms with van der Waals surface area (Å²) in [5.41, 5.74) is 2.38. The number of hydrogen-bond acceptors (Lipinski definition) is 8. The summed E-state index contributed by atoms with van der Waals surface area (Å²) in [4.78, 5) is 21.2. The number of anilines is 1. The smallest absolute Gasteiger partial charge is 0.308 e. The highest BCUT2D eigenvalue weighted by Gasteiger charge is 2.11. The Morgan fingerprint density at radius 2 is 2.38 bits per heavy atom. The van der Waals surface area contributed by atoms with Gasteiger partial charge in [-0.05, 0) is 18.4 Å². The van der Waals surface area contributed by atoms with Crippen molar-refractivity contribution in [3.63, 3.8) is 0 Å². The molecular formula is C11H13N7OS2. The van der Waals surface area contributed by atoms with E-state index in [-0.39, 0.29) is 5.69 Å². The molecule has 8 nitrogen and oxygen atoms in total. The van der Waals surface area contributed by atoms with Crippen LogP contribution in [-0.2, 0) is 12.3 Å². The SMILES string of the molecule is CCn1c(SCc2nc(NN)c3ccsc3n2)n[nH]c1=O. The van der Waals surface area contributed by atoms with E-state index in [0.717, 1.165) is 10.2 Å². The minimum absolute atomic E-state index is 0.209. The lowest BCUT2D eigenvalue weighted by Crippen LogP contribution is -2.16. The Morgan fingerprint density at radius 3 is 3.14 bits per heavy atom. The van der Waals surface area contributed by atoms with Gasteiger partial charge in [0, 0.05) is 6.54 Å². The third-order valence-corrected chi connectivity index (χ3v) is 4.66. The molecule has 0 amide bonds. The van der Waals surface area contributed by atoms with Gasteiger partial charge in [0.05, 0.1) is 11.1 Å². The van der Waals surface area contributed by atoms with E-state index >= 15 is 0 Å². The van der Waals surface area contributed by atoms with Crippen LogP contribution in [0.4, 0.5) is 5.82 Å². The van der Waals surface area contributed by atoms with Gasteiger partial charge >= 0.3 is 5.69 Å². The fourth-order valence-electron chi connectivity index (χ4n) is 1.90. The topological polar surface area (TPSA) is 115 Å². The number of nitrogens with one attached hydrogen (secondary N) is 2. The standard InChI is InChI=1S/C11H13N7OS2/c1-2-18-10(19)16-17-11(18)21-5-7-13-8(15-12)6-3-4-20-9(6)14-7/h3-4H,2,5,12H2,1H3,(H,16,19)(H,13,14,15). The Morgan fingerprint density at radius 1 is 1.52 bits per heavy atom. The number of H-pyrrole nitrogens is 1. The number of thioether (sulfide) groups is 1. The molecule has 3 rings (SSSR count). The molecule has 3 aromatic rings. The van der Waals surface area contributed by atoms with Gasteiger partial charge in [0.1, 0.15) is 10.7 Å². The van der Waals surface area contributed by atoms with Crippen molar-refractivity contribution in [3.05, 3.63) is 27.8 Å². The first-order valence-electron chi connectivity index (χ1n) is 6.21. The first kappa shape index (κ1) is 14.0. The van der Waals surface area contributed by atoms with Crippen LogP contribution in [0, 0.1) is 0 Å². The van der Waals surface area contributed by atoms with Crippen LogP contribution >= 0.6 is 23.1 Å². The number of thiophene rings is 1. The molecule has 0 fully saturated rings. The van der Waals surface area contributed by atoms with Crippen molar-refractivity contribution in [1.82, 2.24) is 24.7 Å². The Kier molecular flexibility index (Phi) is 3.90. The number of hydrazine groups is 1. The lowest BCUT2D eigenvalue weighted by Gasteiger charge is -2.05. The van der Waals surface area contributed by atoms with Gasteiger partial charge in [-0.15, -0.1) is 16.4 Å². The van der Waals surface area contributed by atoms with E-state index in [1.807, 2.05) is 18.4 Å². The molecule has 0 saturated carbocycles. The number of rotatable bonds is 5. The minimum atomic E-state index is -0.209. The largest absolute Gasteiger partial charge is 0.343 e. The van der Waals surface area contributed by atoms with Crippen molar-refractivity contribution in [2.75, 3.05) is 5.43 Å². The normalized spacial score (nSPS) is 11.1. The molecule has 0 bridgehead atoms. The minimum Gasteiger partial charge on any atom is -0.308 e. The van der Waals surface area contributed by atoms with Crippen LogP contribution in [0.1, 0.15) is 12.7 Å². The van der Waals surface area contributed by atoms with Crippen LogP contribution in [0.2, 0.25) is 0 Å². The van der Waals surface area contributed by atoms with E-state index in [1.54, 1.807) is 4.57 Å². The van der Waals surface area contributed by atoms with E-state index in [4.69, 9.17) is 5.84 Å².